The molecule has 0 fully saturated rings. The number of nitrogens with zero attached hydrogens (tertiary/aromatic N) is 2. The van der Waals surface area contributed by atoms with Gasteiger partial charge in [0.1, 0.15) is 5.02 Å². The largest absolute Gasteiger partial charge is 0.390 e. The Kier molecular flexibility index (Phi) is 4.65. The highest BCUT2D eigenvalue weighted by Gasteiger charge is 2.20. The number of hydrogen-bond donors (Lipinski definition) is 2. The number of rotatable bonds is 4. The fraction of sp³-hybridized carbons (Fsp3) is 0.444. The fourth-order valence-electron chi connectivity index (χ4n) is 3.01. The Morgan fingerprint density at radius 2 is 2.17 bits per heavy atom. The Bertz CT molecular complexity index is 796. The van der Waals surface area contributed by atoms with Crippen LogP contribution in [0.15, 0.2) is 29.2 Å². The van der Waals surface area contributed by atoms with E-state index in [0.717, 1.165) is 25.8 Å². The van der Waals surface area contributed by atoms with E-state index in [9.17, 15) is 9.90 Å². The number of aryl methyl sites for hydroxylation is 1. The SMILES string of the molecule is CC(C)(O)CCc1ccc2c(c1)CCN(c1cn[nH]c(=O)c1Cl)C2. The molecule has 24 heavy (non-hydrogen) atoms. The Balaban J connectivity index is 1.77. The molecule has 0 saturated carbocycles. The van der Waals surface area contributed by atoms with E-state index in [1.807, 2.05) is 13.8 Å². The van der Waals surface area contributed by atoms with Crippen LogP contribution < -0.4 is 10.5 Å². The normalized spacial score (nSPS) is 14.6. The molecule has 2 heterocycles. The second kappa shape index (κ2) is 6.57. The first-order valence-corrected chi connectivity index (χ1v) is 8.52. The van der Waals surface area contributed by atoms with Crippen molar-refractivity contribution in [2.24, 2.45) is 0 Å². The van der Waals surface area contributed by atoms with Gasteiger partial charge in [0.15, 0.2) is 0 Å². The van der Waals surface area contributed by atoms with Crippen LogP contribution in [-0.4, -0.2) is 27.4 Å². The smallest absolute Gasteiger partial charge is 0.285 e. The number of hydrogen-bond acceptors (Lipinski definition) is 4. The first-order chi connectivity index (χ1) is 11.3. The minimum Gasteiger partial charge on any atom is -0.390 e. The Hall–Kier alpha value is -1.85. The molecule has 0 saturated heterocycles. The molecule has 0 radical (unpaired) electrons. The van der Waals surface area contributed by atoms with Crippen molar-refractivity contribution in [1.29, 1.82) is 0 Å². The standard InChI is InChI=1S/C18H22ClN3O2/c1-18(2,24)7-5-12-3-4-14-11-22(8-6-13(14)9-12)15-10-20-21-17(23)16(15)19/h3-4,9-10,24H,5-8,11H2,1-2H3,(H,21,23). The van der Waals surface area contributed by atoms with Crippen molar-refractivity contribution in [1.82, 2.24) is 10.2 Å². The zero-order valence-electron chi connectivity index (χ0n) is 14.0. The zero-order chi connectivity index (χ0) is 17.3. The number of aromatic nitrogens is 2. The summed E-state index contributed by atoms with van der Waals surface area (Å²) in [7, 11) is 0. The third-order valence-electron chi connectivity index (χ3n) is 4.43. The predicted molar refractivity (Wildman–Crippen MR) is 95.7 cm³/mol. The van der Waals surface area contributed by atoms with Crippen LogP contribution in [-0.2, 0) is 19.4 Å². The van der Waals surface area contributed by atoms with Crippen LogP contribution in [0, 0.1) is 0 Å². The molecular weight excluding hydrogens is 326 g/mol. The van der Waals surface area contributed by atoms with Gasteiger partial charge in [-0.05, 0) is 49.8 Å². The molecule has 1 aliphatic rings. The molecule has 3 rings (SSSR count). The van der Waals surface area contributed by atoms with E-state index in [2.05, 4.69) is 33.3 Å². The molecule has 5 nitrogen and oxygen atoms in total. The van der Waals surface area contributed by atoms with Crippen molar-refractivity contribution in [3.8, 4) is 0 Å². The molecule has 0 unspecified atom stereocenters. The highest BCUT2D eigenvalue weighted by atomic mass is 35.5. The van der Waals surface area contributed by atoms with Gasteiger partial charge in [-0.1, -0.05) is 29.8 Å². The Labute approximate surface area is 146 Å². The van der Waals surface area contributed by atoms with Crippen LogP contribution in [0.1, 0.15) is 37.0 Å². The lowest BCUT2D eigenvalue weighted by molar-refractivity contribution is 0.0714. The Morgan fingerprint density at radius 1 is 1.38 bits per heavy atom. The number of fused-ring (bicyclic) bond motifs is 1. The van der Waals surface area contributed by atoms with E-state index in [1.165, 1.54) is 16.7 Å². The third kappa shape index (κ3) is 3.79. The number of nitrogens with one attached hydrogen (secondary N) is 1. The Morgan fingerprint density at radius 3 is 2.92 bits per heavy atom. The van der Waals surface area contributed by atoms with Gasteiger partial charge < -0.3 is 10.0 Å². The molecular formula is C18H22ClN3O2. The maximum Gasteiger partial charge on any atom is 0.285 e. The van der Waals surface area contributed by atoms with Crippen molar-refractivity contribution >= 4 is 17.3 Å². The van der Waals surface area contributed by atoms with Gasteiger partial charge in [-0.15, -0.1) is 0 Å². The molecule has 1 aliphatic heterocycles. The molecule has 2 aromatic rings. The van der Waals surface area contributed by atoms with Crippen LogP contribution >= 0.6 is 11.6 Å². The van der Waals surface area contributed by atoms with Crippen LogP contribution in [0.5, 0.6) is 0 Å². The summed E-state index contributed by atoms with van der Waals surface area (Å²) in [5.41, 5.74) is 3.49. The molecule has 1 aromatic heterocycles. The first kappa shape index (κ1) is 17.0. The number of aromatic amines is 1. The number of halogens is 1. The molecule has 6 heteroatoms. The van der Waals surface area contributed by atoms with Crippen molar-refractivity contribution in [2.75, 3.05) is 11.4 Å². The van der Waals surface area contributed by atoms with Crippen LogP contribution in [0.25, 0.3) is 0 Å². The lowest BCUT2D eigenvalue weighted by Crippen LogP contribution is -2.32. The molecule has 0 amide bonds. The lowest BCUT2D eigenvalue weighted by atomic mass is 9.93. The third-order valence-corrected chi connectivity index (χ3v) is 4.79. The van der Waals surface area contributed by atoms with E-state index in [0.29, 0.717) is 12.2 Å². The molecule has 1 aromatic carbocycles. The summed E-state index contributed by atoms with van der Waals surface area (Å²) >= 11 is 6.11. The van der Waals surface area contributed by atoms with Gasteiger partial charge in [-0.3, -0.25) is 4.79 Å². The van der Waals surface area contributed by atoms with Crippen molar-refractivity contribution in [3.05, 3.63) is 56.5 Å². The molecule has 0 atom stereocenters. The van der Waals surface area contributed by atoms with E-state index < -0.39 is 5.60 Å². The average Bonchev–Trinajstić information content (AvgIpc) is 2.54. The van der Waals surface area contributed by atoms with Gasteiger partial charge >= 0.3 is 0 Å². The van der Waals surface area contributed by atoms with E-state index in [4.69, 9.17) is 11.6 Å². The topological polar surface area (TPSA) is 69.2 Å². The summed E-state index contributed by atoms with van der Waals surface area (Å²) in [5.74, 6) is 0. The summed E-state index contributed by atoms with van der Waals surface area (Å²) in [6, 6.07) is 6.48. The summed E-state index contributed by atoms with van der Waals surface area (Å²) in [6.45, 7) is 5.18. The molecule has 0 spiro atoms. The van der Waals surface area contributed by atoms with Gasteiger partial charge in [-0.2, -0.15) is 5.10 Å². The lowest BCUT2D eigenvalue weighted by Gasteiger charge is -2.31. The monoisotopic (exact) mass is 347 g/mol. The van der Waals surface area contributed by atoms with E-state index >= 15 is 0 Å². The highest BCUT2D eigenvalue weighted by molar-refractivity contribution is 6.32. The van der Waals surface area contributed by atoms with Crippen molar-refractivity contribution < 1.29 is 5.11 Å². The van der Waals surface area contributed by atoms with Crippen molar-refractivity contribution in [3.63, 3.8) is 0 Å². The molecule has 0 aliphatic carbocycles. The van der Waals surface area contributed by atoms with Gasteiger partial charge in [0, 0.05) is 13.1 Å². The van der Waals surface area contributed by atoms with Crippen molar-refractivity contribution in [2.45, 2.75) is 45.3 Å². The summed E-state index contributed by atoms with van der Waals surface area (Å²) in [4.78, 5) is 13.7. The summed E-state index contributed by atoms with van der Waals surface area (Å²) < 4.78 is 0. The maximum absolute atomic E-state index is 11.6. The van der Waals surface area contributed by atoms with Crippen LogP contribution in [0.3, 0.4) is 0 Å². The maximum atomic E-state index is 11.6. The molecule has 0 bridgehead atoms. The van der Waals surface area contributed by atoms with E-state index in [1.54, 1.807) is 6.20 Å². The number of aliphatic hydroxyl groups is 1. The number of benzene rings is 1. The van der Waals surface area contributed by atoms with Gasteiger partial charge in [0.25, 0.3) is 5.56 Å². The number of H-pyrrole nitrogens is 1. The summed E-state index contributed by atoms with van der Waals surface area (Å²) in [6.07, 6.45) is 4.11. The van der Waals surface area contributed by atoms with Crippen LogP contribution in [0.4, 0.5) is 5.69 Å². The second-order valence-electron chi connectivity index (χ2n) is 6.99. The van der Waals surface area contributed by atoms with Gasteiger partial charge in [0.05, 0.1) is 17.5 Å². The zero-order valence-corrected chi connectivity index (χ0v) is 14.7. The van der Waals surface area contributed by atoms with Crippen LogP contribution in [0.2, 0.25) is 5.02 Å². The highest BCUT2D eigenvalue weighted by Crippen LogP contribution is 2.28. The second-order valence-corrected chi connectivity index (χ2v) is 7.36. The fourth-order valence-corrected chi connectivity index (χ4v) is 3.22. The number of anilines is 1. The van der Waals surface area contributed by atoms with Gasteiger partial charge in [-0.25, -0.2) is 5.10 Å². The average molecular weight is 348 g/mol. The minimum absolute atomic E-state index is 0.190. The van der Waals surface area contributed by atoms with Gasteiger partial charge in [0.2, 0.25) is 0 Å². The molecule has 128 valence electrons. The minimum atomic E-state index is -0.642. The molecule has 2 N–H and O–H groups in total. The van der Waals surface area contributed by atoms with E-state index in [-0.39, 0.29) is 10.6 Å². The quantitative estimate of drug-likeness (QED) is 0.892. The predicted octanol–water partition coefficient (Wildman–Crippen LogP) is 2.69. The summed E-state index contributed by atoms with van der Waals surface area (Å²) in [5, 5.41) is 16.3. The first-order valence-electron chi connectivity index (χ1n) is 8.15.